The molecule has 0 aromatic rings. The Balaban J connectivity index is 4.02. The highest BCUT2D eigenvalue weighted by Gasteiger charge is 2.06. The first-order valence-electron chi connectivity index (χ1n) is 3.69. The van der Waals surface area contributed by atoms with E-state index in [1.54, 1.807) is 0 Å². The minimum absolute atomic E-state index is 0.690. The van der Waals surface area contributed by atoms with Crippen molar-refractivity contribution in [3.63, 3.8) is 0 Å². The van der Waals surface area contributed by atoms with Crippen LogP contribution in [0.4, 0.5) is 0 Å². The van der Waals surface area contributed by atoms with Crippen LogP contribution >= 0.6 is 8.60 Å². The molecular formula is C7H13O4P. The number of hydrogen-bond donors (Lipinski definition) is 2. The Bertz CT molecular complexity index is 170. The molecule has 0 aliphatic carbocycles. The molecule has 0 aromatic carbocycles. The van der Waals surface area contributed by atoms with Gasteiger partial charge < -0.3 is 14.3 Å². The van der Waals surface area contributed by atoms with Crippen molar-refractivity contribution in [3.8, 4) is 0 Å². The van der Waals surface area contributed by atoms with Gasteiger partial charge in [-0.3, -0.25) is 0 Å². The molecule has 0 amide bonds. The first-order chi connectivity index (χ1) is 5.60. The summed E-state index contributed by atoms with van der Waals surface area (Å²) in [5, 5.41) is 0. The molecule has 0 atom stereocenters. The molecule has 0 fully saturated rings. The van der Waals surface area contributed by atoms with Crippen molar-refractivity contribution < 1.29 is 19.1 Å². The van der Waals surface area contributed by atoms with Crippen molar-refractivity contribution in [3.05, 3.63) is 11.6 Å². The van der Waals surface area contributed by atoms with Crippen molar-refractivity contribution >= 4 is 14.6 Å². The zero-order chi connectivity index (χ0) is 9.56. The van der Waals surface area contributed by atoms with Gasteiger partial charge in [0.1, 0.15) is 0 Å². The van der Waals surface area contributed by atoms with E-state index in [0.717, 1.165) is 18.4 Å². The smallest absolute Gasteiger partial charge is 0.391 e. The summed E-state index contributed by atoms with van der Waals surface area (Å²) >= 11 is 0. The van der Waals surface area contributed by atoms with E-state index in [9.17, 15) is 4.79 Å². The van der Waals surface area contributed by atoms with E-state index in [1.165, 1.54) is 6.08 Å². The lowest BCUT2D eigenvalue weighted by Crippen LogP contribution is -1.97. The lowest BCUT2D eigenvalue weighted by atomic mass is 10.1. The van der Waals surface area contributed by atoms with Crippen LogP contribution in [0, 0.1) is 0 Å². The lowest BCUT2D eigenvalue weighted by Gasteiger charge is -2.01. The predicted octanol–water partition coefficient (Wildman–Crippen LogP) is 1.49. The molecule has 70 valence electrons. The number of rotatable bonds is 4. The van der Waals surface area contributed by atoms with E-state index in [2.05, 4.69) is 4.52 Å². The second-order valence-corrected chi connectivity index (χ2v) is 2.86. The third-order valence-corrected chi connectivity index (χ3v) is 1.75. The molecule has 0 saturated carbocycles. The second kappa shape index (κ2) is 6.12. The fourth-order valence-corrected chi connectivity index (χ4v) is 0.941. The molecule has 0 aliphatic rings. The van der Waals surface area contributed by atoms with Crippen LogP contribution in [-0.4, -0.2) is 15.8 Å². The van der Waals surface area contributed by atoms with Crippen LogP contribution in [0.15, 0.2) is 11.6 Å². The summed E-state index contributed by atoms with van der Waals surface area (Å²) in [4.78, 5) is 27.4. The Morgan fingerprint density at radius 2 is 1.92 bits per heavy atom. The molecule has 0 radical (unpaired) electrons. The summed E-state index contributed by atoms with van der Waals surface area (Å²) in [5.74, 6) is -0.690. The van der Waals surface area contributed by atoms with Gasteiger partial charge in [0.25, 0.3) is 0 Å². The summed E-state index contributed by atoms with van der Waals surface area (Å²) in [6, 6.07) is 0. The van der Waals surface area contributed by atoms with Gasteiger partial charge in [0, 0.05) is 6.08 Å². The van der Waals surface area contributed by atoms with Gasteiger partial charge in [-0.2, -0.15) is 0 Å². The van der Waals surface area contributed by atoms with Crippen LogP contribution in [0.25, 0.3) is 0 Å². The van der Waals surface area contributed by atoms with E-state index >= 15 is 0 Å². The Morgan fingerprint density at radius 1 is 1.42 bits per heavy atom. The molecule has 0 rings (SSSR count). The topological polar surface area (TPSA) is 66.8 Å². The molecule has 2 N–H and O–H groups in total. The lowest BCUT2D eigenvalue weighted by molar-refractivity contribution is -0.129. The molecule has 0 spiro atoms. The van der Waals surface area contributed by atoms with Crippen molar-refractivity contribution in [2.45, 2.75) is 26.7 Å². The normalized spacial score (nSPS) is 9.75. The first-order valence-corrected chi connectivity index (χ1v) is 4.85. The quantitative estimate of drug-likeness (QED) is 0.523. The van der Waals surface area contributed by atoms with E-state index < -0.39 is 14.6 Å². The van der Waals surface area contributed by atoms with E-state index in [1.807, 2.05) is 13.8 Å². The SMILES string of the molecule is CCC(=CC(=O)OP(O)O)CC. The van der Waals surface area contributed by atoms with E-state index in [0.29, 0.717) is 0 Å². The Hall–Kier alpha value is -0.440. The summed E-state index contributed by atoms with van der Waals surface area (Å²) < 4.78 is 4.14. The van der Waals surface area contributed by atoms with Gasteiger partial charge in [-0.15, -0.1) is 0 Å². The second-order valence-electron chi connectivity index (χ2n) is 2.17. The molecule has 0 aliphatic heterocycles. The maximum absolute atomic E-state index is 10.8. The maximum Gasteiger partial charge on any atom is 0.394 e. The molecule has 0 aromatic heterocycles. The average Bonchev–Trinajstić information content (AvgIpc) is 1.98. The van der Waals surface area contributed by atoms with Crippen molar-refractivity contribution in [1.29, 1.82) is 0 Å². The van der Waals surface area contributed by atoms with Crippen LogP contribution in [0.5, 0.6) is 0 Å². The molecular weight excluding hydrogens is 179 g/mol. The zero-order valence-electron chi connectivity index (χ0n) is 7.15. The van der Waals surface area contributed by atoms with Crippen molar-refractivity contribution in [2.75, 3.05) is 0 Å². The zero-order valence-corrected chi connectivity index (χ0v) is 8.04. The monoisotopic (exact) mass is 192 g/mol. The molecule has 0 heterocycles. The van der Waals surface area contributed by atoms with Gasteiger partial charge in [-0.05, 0) is 12.8 Å². The predicted molar refractivity (Wildman–Crippen MR) is 46.1 cm³/mol. The maximum atomic E-state index is 10.8. The highest BCUT2D eigenvalue weighted by Crippen LogP contribution is 2.24. The molecule has 12 heavy (non-hydrogen) atoms. The van der Waals surface area contributed by atoms with Crippen molar-refractivity contribution in [1.82, 2.24) is 0 Å². The molecule has 5 heteroatoms. The third-order valence-electron chi connectivity index (χ3n) is 1.40. The number of carbonyl (C=O) groups excluding carboxylic acids is 1. The minimum atomic E-state index is -2.57. The Morgan fingerprint density at radius 3 is 2.25 bits per heavy atom. The van der Waals surface area contributed by atoms with Crippen LogP contribution < -0.4 is 0 Å². The summed E-state index contributed by atoms with van der Waals surface area (Å²) in [7, 11) is -2.57. The van der Waals surface area contributed by atoms with Crippen LogP contribution in [0.2, 0.25) is 0 Å². The van der Waals surface area contributed by atoms with Gasteiger partial charge in [-0.25, -0.2) is 4.79 Å². The van der Waals surface area contributed by atoms with Crippen LogP contribution in [-0.2, 0) is 9.32 Å². The third kappa shape index (κ3) is 5.24. The van der Waals surface area contributed by atoms with Crippen LogP contribution in [0.3, 0.4) is 0 Å². The molecule has 0 saturated heterocycles. The van der Waals surface area contributed by atoms with Gasteiger partial charge in [-0.1, -0.05) is 19.4 Å². The minimum Gasteiger partial charge on any atom is -0.391 e. The fraction of sp³-hybridized carbons (Fsp3) is 0.571. The molecule has 0 unspecified atom stereocenters. The molecule has 0 bridgehead atoms. The van der Waals surface area contributed by atoms with Crippen molar-refractivity contribution in [2.24, 2.45) is 0 Å². The number of allylic oxidation sites excluding steroid dienone is 1. The average molecular weight is 192 g/mol. The first kappa shape index (κ1) is 11.6. The van der Waals surface area contributed by atoms with E-state index in [4.69, 9.17) is 9.79 Å². The highest BCUT2D eigenvalue weighted by atomic mass is 31.2. The summed E-state index contributed by atoms with van der Waals surface area (Å²) in [5.41, 5.74) is 0.928. The Kier molecular flexibility index (Phi) is 5.89. The largest absolute Gasteiger partial charge is 0.394 e. The van der Waals surface area contributed by atoms with E-state index in [-0.39, 0.29) is 0 Å². The number of carbonyl (C=O) groups is 1. The van der Waals surface area contributed by atoms with Gasteiger partial charge in [0.2, 0.25) is 0 Å². The van der Waals surface area contributed by atoms with Gasteiger partial charge in [0.05, 0.1) is 0 Å². The standard InChI is InChI=1S/C7H13O4P/c1-3-6(4-2)5-7(8)11-12(9)10/h5,9-10H,3-4H2,1-2H3. The number of hydrogen-bond acceptors (Lipinski definition) is 4. The van der Waals surface area contributed by atoms with Gasteiger partial charge in [0.15, 0.2) is 0 Å². The molecule has 4 nitrogen and oxygen atoms in total. The van der Waals surface area contributed by atoms with Crippen LogP contribution in [0.1, 0.15) is 26.7 Å². The summed E-state index contributed by atoms with van der Waals surface area (Å²) in [6.07, 6.45) is 2.82. The van der Waals surface area contributed by atoms with Gasteiger partial charge >= 0.3 is 14.6 Å². The summed E-state index contributed by atoms with van der Waals surface area (Å²) in [6.45, 7) is 3.84. The fourth-order valence-electron chi connectivity index (χ4n) is 0.728. The highest BCUT2D eigenvalue weighted by molar-refractivity contribution is 7.40. The Labute approximate surface area is 72.9 Å².